The highest BCUT2D eigenvalue weighted by atomic mass is 32.2. The molecule has 0 radical (unpaired) electrons. The number of nitrogens with one attached hydrogen (secondary N) is 1. The summed E-state index contributed by atoms with van der Waals surface area (Å²) in [4.78, 5) is 24.3. The number of hydrogen-bond acceptors (Lipinski definition) is 5. The van der Waals surface area contributed by atoms with Gasteiger partial charge >= 0.3 is 5.97 Å². The number of rotatable bonds is 5. The van der Waals surface area contributed by atoms with Gasteiger partial charge in [0.1, 0.15) is 16.4 Å². The van der Waals surface area contributed by atoms with E-state index < -0.39 is 38.1 Å². The van der Waals surface area contributed by atoms with E-state index in [4.69, 9.17) is 4.74 Å². The van der Waals surface area contributed by atoms with Gasteiger partial charge in [0.25, 0.3) is 0 Å². The highest BCUT2D eigenvalue weighted by Gasteiger charge is 2.41. The number of hydrogen-bond donors (Lipinski definition) is 1. The molecule has 0 rings (SSSR count). The number of sulfone groups is 1. The van der Waals surface area contributed by atoms with E-state index in [2.05, 4.69) is 5.32 Å². The molecule has 0 aliphatic carbocycles. The van der Waals surface area contributed by atoms with Crippen LogP contribution in [0.15, 0.2) is 0 Å². The Morgan fingerprint density at radius 1 is 1.05 bits per heavy atom. The molecule has 0 aromatic carbocycles. The van der Waals surface area contributed by atoms with Crippen molar-refractivity contribution in [1.29, 1.82) is 0 Å². The summed E-state index contributed by atoms with van der Waals surface area (Å²) >= 11 is 0. The van der Waals surface area contributed by atoms with Gasteiger partial charge in [0.2, 0.25) is 5.91 Å². The standard InChI is InChI=1S/C14H27NO5S/c1-9(2)10(11(16)20-13(3,4)5)15-12(17)14(6,7)21(8,18)19/h9-10H,1-8H3,(H,15,17)/t10-/m0/s1. The van der Waals surface area contributed by atoms with Crippen molar-refractivity contribution in [3.8, 4) is 0 Å². The van der Waals surface area contributed by atoms with Crippen LogP contribution in [0.25, 0.3) is 0 Å². The molecule has 0 aliphatic heterocycles. The van der Waals surface area contributed by atoms with Gasteiger partial charge in [-0.2, -0.15) is 0 Å². The molecule has 0 aromatic rings. The van der Waals surface area contributed by atoms with E-state index in [-0.39, 0.29) is 5.92 Å². The quantitative estimate of drug-likeness (QED) is 0.771. The number of amides is 1. The van der Waals surface area contributed by atoms with E-state index in [1.165, 1.54) is 13.8 Å². The molecule has 1 amide bonds. The van der Waals surface area contributed by atoms with Crippen molar-refractivity contribution in [1.82, 2.24) is 5.32 Å². The molecule has 7 heteroatoms. The van der Waals surface area contributed by atoms with Gasteiger partial charge in [-0.15, -0.1) is 0 Å². The van der Waals surface area contributed by atoms with Crippen LogP contribution in [0, 0.1) is 5.92 Å². The number of carbonyl (C=O) groups is 2. The van der Waals surface area contributed by atoms with Crippen molar-refractivity contribution in [2.24, 2.45) is 5.92 Å². The van der Waals surface area contributed by atoms with E-state index >= 15 is 0 Å². The van der Waals surface area contributed by atoms with Gasteiger partial charge in [-0.3, -0.25) is 4.79 Å². The average Bonchev–Trinajstić information content (AvgIpc) is 2.20. The number of carbonyl (C=O) groups excluding carboxylic acids is 2. The molecule has 0 saturated heterocycles. The minimum atomic E-state index is -3.60. The molecular formula is C14H27NO5S. The Hall–Kier alpha value is -1.11. The lowest BCUT2D eigenvalue weighted by Gasteiger charge is -2.29. The molecule has 0 fully saturated rings. The first-order valence-electron chi connectivity index (χ1n) is 6.83. The van der Waals surface area contributed by atoms with Gasteiger partial charge in [0.15, 0.2) is 9.84 Å². The summed E-state index contributed by atoms with van der Waals surface area (Å²) in [7, 11) is -3.60. The first kappa shape index (κ1) is 19.9. The van der Waals surface area contributed by atoms with Gasteiger partial charge < -0.3 is 10.1 Å². The van der Waals surface area contributed by atoms with Crippen LogP contribution in [0.3, 0.4) is 0 Å². The van der Waals surface area contributed by atoms with E-state index in [1.807, 2.05) is 0 Å². The minimum absolute atomic E-state index is 0.223. The molecule has 6 nitrogen and oxygen atoms in total. The van der Waals surface area contributed by atoms with Gasteiger partial charge in [0.05, 0.1) is 0 Å². The van der Waals surface area contributed by atoms with Crippen LogP contribution in [0.2, 0.25) is 0 Å². The van der Waals surface area contributed by atoms with E-state index in [1.54, 1.807) is 34.6 Å². The van der Waals surface area contributed by atoms with Crippen molar-refractivity contribution in [2.45, 2.75) is 64.9 Å². The largest absolute Gasteiger partial charge is 0.458 e. The van der Waals surface area contributed by atoms with Crippen molar-refractivity contribution in [2.75, 3.05) is 6.26 Å². The van der Waals surface area contributed by atoms with E-state index in [0.717, 1.165) is 6.26 Å². The molecule has 0 heterocycles. The lowest BCUT2D eigenvalue weighted by Crippen LogP contribution is -2.55. The van der Waals surface area contributed by atoms with Crippen molar-refractivity contribution < 1.29 is 22.7 Å². The minimum Gasteiger partial charge on any atom is -0.458 e. The first-order chi connectivity index (χ1) is 9.09. The Balaban J connectivity index is 5.22. The second-order valence-corrected chi connectivity index (χ2v) is 9.58. The Morgan fingerprint density at radius 3 is 1.76 bits per heavy atom. The van der Waals surface area contributed by atoms with Crippen LogP contribution in [0.4, 0.5) is 0 Å². The maximum absolute atomic E-state index is 12.2. The highest BCUT2D eigenvalue weighted by molar-refractivity contribution is 7.92. The van der Waals surface area contributed by atoms with Gasteiger partial charge in [-0.1, -0.05) is 13.8 Å². The molecule has 0 aliphatic rings. The fourth-order valence-electron chi connectivity index (χ4n) is 1.35. The summed E-state index contributed by atoms with van der Waals surface area (Å²) < 4.78 is 27.0. The van der Waals surface area contributed by atoms with Crippen LogP contribution >= 0.6 is 0 Å². The smallest absolute Gasteiger partial charge is 0.329 e. The third-order valence-electron chi connectivity index (χ3n) is 3.09. The van der Waals surface area contributed by atoms with E-state index in [0.29, 0.717) is 0 Å². The first-order valence-corrected chi connectivity index (χ1v) is 8.72. The number of esters is 1. The molecule has 124 valence electrons. The third kappa shape index (κ3) is 5.65. The topological polar surface area (TPSA) is 89.5 Å². The fraction of sp³-hybridized carbons (Fsp3) is 0.857. The lowest BCUT2D eigenvalue weighted by molar-refractivity contribution is -0.160. The Bertz CT molecular complexity index is 500. The van der Waals surface area contributed by atoms with Crippen LogP contribution < -0.4 is 5.32 Å². The van der Waals surface area contributed by atoms with Gasteiger partial charge in [-0.05, 0) is 40.5 Å². The molecule has 1 N–H and O–H groups in total. The zero-order valence-electron chi connectivity index (χ0n) is 14.1. The van der Waals surface area contributed by atoms with E-state index in [9.17, 15) is 18.0 Å². The molecule has 0 saturated carbocycles. The molecule has 21 heavy (non-hydrogen) atoms. The summed E-state index contributed by atoms with van der Waals surface area (Å²) in [5.74, 6) is -1.51. The predicted octanol–water partition coefficient (Wildman–Crippen LogP) is 1.29. The SMILES string of the molecule is CC(C)[C@H](NC(=O)C(C)(C)S(C)(=O)=O)C(=O)OC(C)(C)C. The third-order valence-corrected chi connectivity index (χ3v) is 5.13. The zero-order valence-corrected chi connectivity index (χ0v) is 14.9. The lowest BCUT2D eigenvalue weighted by atomic mass is 10.0. The van der Waals surface area contributed by atoms with Crippen LogP contribution in [0.1, 0.15) is 48.5 Å². The van der Waals surface area contributed by atoms with Crippen molar-refractivity contribution in [3.05, 3.63) is 0 Å². The Labute approximate surface area is 127 Å². The fourth-order valence-corrected chi connectivity index (χ4v) is 1.74. The maximum atomic E-state index is 12.2. The predicted molar refractivity (Wildman–Crippen MR) is 81.5 cm³/mol. The summed E-state index contributed by atoms with van der Waals surface area (Å²) in [5, 5.41) is 2.49. The summed E-state index contributed by atoms with van der Waals surface area (Å²) in [5.41, 5.74) is -0.679. The average molecular weight is 321 g/mol. The molecule has 0 bridgehead atoms. The summed E-state index contributed by atoms with van der Waals surface area (Å²) in [6.07, 6.45) is 0.991. The molecular weight excluding hydrogens is 294 g/mol. The second-order valence-electron chi connectivity index (χ2n) is 7.01. The van der Waals surface area contributed by atoms with Crippen LogP contribution in [-0.2, 0) is 24.2 Å². The van der Waals surface area contributed by atoms with Crippen molar-refractivity contribution in [3.63, 3.8) is 0 Å². The summed E-state index contributed by atoms with van der Waals surface area (Å²) in [6, 6.07) is -0.891. The Morgan fingerprint density at radius 2 is 1.48 bits per heavy atom. The molecule has 0 spiro atoms. The monoisotopic (exact) mass is 321 g/mol. The van der Waals surface area contributed by atoms with Gasteiger partial charge in [0, 0.05) is 6.26 Å². The van der Waals surface area contributed by atoms with Crippen LogP contribution in [-0.4, -0.2) is 42.9 Å². The number of ether oxygens (including phenoxy) is 1. The zero-order chi connectivity index (χ0) is 17.2. The Kier molecular flexibility index (Phi) is 6.00. The summed E-state index contributed by atoms with van der Waals surface area (Å²) in [6.45, 7) is 11.3. The molecule has 0 unspecified atom stereocenters. The maximum Gasteiger partial charge on any atom is 0.329 e. The van der Waals surface area contributed by atoms with Crippen molar-refractivity contribution >= 4 is 21.7 Å². The van der Waals surface area contributed by atoms with Crippen LogP contribution in [0.5, 0.6) is 0 Å². The molecule has 0 aromatic heterocycles. The molecule has 1 atom stereocenters. The normalized spacial score (nSPS) is 14.7. The van der Waals surface area contributed by atoms with Gasteiger partial charge in [-0.25, -0.2) is 13.2 Å². The highest BCUT2D eigenvalue weighted by Crippen LogP contribution is 2.18. The second kappa shape index (κ2) is 6.34.